The van der Waals surface area contributed by atoms with Crippen LogP contribution in [0.1, 0.15) is 20.8 Å². The molecule has 0 saturated carbocycles. The Hall–Kier alpha value is -1.51. The third kappa shape index (κ3) is 3.94. The van der Waals surface area contributed by atoms with E-state index in [2.05, 4.69) is 5.32 Å². The van der Waals surface area contributed by atoms with Gasteiger partial charge >= 0.3 is 6.09 Å². The average molecular weight is 193 g/mol. The molecule has 0 unspecified atom stereocenters. The summed E-state index contributed by atoms with van der Waals surface area (Å²) in [5, 5.41) is 2.64. The molecule has 1 rings (SSSR count). The van der Waals surface area contributed by atoms with Gasteiger partial charge in [0.25, 0.3) is 0 Å². The minimum atomic E-state index is -0.459. The van der Waals surface area contributed by atoms with Crippen molar-refractivity contribution in [2.45, 2.75) is 26.4 Å². The van der Waals surface area contributed by atoms with Crippen molar-refractivity contribution in [3.05, 3.63) is 30.3 Å². The summed E-state index contributed by atoms with van der Waals surface area (Å²) < 4.78 is 5.09. The number of benzene rings is 1. The number of carbonyl (C=O) groups is 1. The fourth-order valence-electron chi connectivity index (χ4n) is 0.943. The van der Waals surface area contributed by atoms with Crippen LogP contribution in [-0.4, -0.2) is 11.7 Å². The van der Waals surface area contributed by atoms with Crippen LogP contribution in [0.5, 0.6) is 0 Å². The number of ether oxygens (including phenoxy) is 1. The van der Waals surface area contributed by atoms with Gasteiger partial charge in [-0.25, -0.2) is 4.79 Å². The molecule has 0 atom stereocenters. The molecule has 1 aromatic rings. The molecule has 0 aliphatic rings. The third-order valence-electron chi connectivity index (χ3n) is 1.42. The maximum Gasteiger partial charge on any atom is 0.412 e. The van der Waals surface area contributed by atoms with Gasteiger partial charge < -0.3 is 4.74 Å². The maximum absolute atomic E-state index is 11.3. The summed E-state index contributed by atoms with van der Waals surface area (Å²) in [6.07, 6.45) is -0.427. The smallest absolute Gasteiger partial charge is 0.412 e. The van der Waals surface area contributed by atoms with Crippen molar-refractivity contribution in [1.82, 2.24) is 0 Å². The molecule has 0 spiro atoms. The molecular weight excluding hydrogens is 178 g/mol. The zero-order valence-corrected chi connectivity index (χ0v) is 8.70. The number of rotatable bonds is 1. The lowest BCUT2D eigenvalue weighted by Gasteiger charge is -2.19. The Kier molecular flexibility index (Phi) is 3.12. The fraction of sp³-hybridized carbons (Fsp3) is 0.364. The van der Waals surface area contributed by atoms with E-state index in [1.807, 2.05) is 51.1 Å². The summed E-state index contributed by atoms with van der Waals surface area (Å²) in [4.78, 5) is 11.3. The number of carbonyl (C=O) groups excluding carboxylic acids is 1. The van der Waals surface area contributed by atoms with E-state index in [4.69, 9.17) is 4.74 Å². The zero-order chi connectivity index (χ0) is 10.6. The molecule has 0 fully saturated rings. The van der Waals surface area contributed by atoms with E-state index < -0.39 is 11.7 Å². The van der Waals surface area contributed by atoms with E-state index in [1.54, 1.807) is 0 Å². The first-order valence-electron chi connectivity index (χ1n) is 4.52. The summed E-state index contributed by atoms with van der Waals surface area (Å²) in [6, 6.07) is 9.22. The van der Waals surface area contributed by atoms with Crippen molar-refractivity contribution in [1.29, 1.82) is 0 Å². The molecule has 76 valence electrons. The Labute approximate surface area is 84.1 Å². The first kappa shape index (κ1) is 10.6. The van der Waals surface area contributed by atoms with E-state index >= 15 is 0 Å². The van der Waals surface area contributed by atoms with Crippen LogP contribution in [0, 0.1) is 0 Å². The average Bonchev–Trinajstić information content (AvgIpc) is 2.02. The summed E-state index contributed by atoms with van der Waals surface area (Å²) in [5.41, 5.74) is 0.278. The van der Waals surface area contributed by atoms with Gasteiger partial charge in [0.2, 0.25) is 0 Å². The van der Waals surface area contributed by atoms with Gasteiger partial charge in [0, 0.05) is 5.69 Å². The standard InChI is InChI=1S/C11H15NO2/c1-11(2,3)14-10(13)12-9-7-5-4-6-8-9/h4-8H,1-3H3,(H,12,13). The lowest BCUT2D eigenvalue weighted by Crippen LogP contribution is -2.27. The van der Waals surface area contributed by atoms with Crippen LogP contribution in [0.4, 0.5) is 10.5 Å². The number of para-hydroxylation sites is 1. The normalized spacial score (nSPS) is 10.8. The molecule has 1 N–H and O–H groups in total. The highest BCUT2D eigenvalue weighted by molar-refractivity contribution is 5.84. The van der Waals surface area contributed by atoms with Crippen LogP contribution in [0.3, 0.4) is 0 Å². The van der Waals surface area contributed by atoms with Gasteiger partial charge in [0.05, 0.1) is 0 Å². The van der Waals surface area contributed by atoms with Gasteiger partial charge in [-0.1, -0.05) is 18.2 Å². The highest BCUT2D eigenvalue weighted by Gasteiger charge is 2.15. The van der Waals surface area contributed by atoms with Gasteiger partial charge in [-0.3, -0.25) is 5.32 Å². The van der Waals surface area contributed by atoms with E-state index in [1.165, 1.54) is 0 Å². The Morgan fingerprint density at radius 3 is 2.29 bits per heavy atom. The van der Waals surface area contributed by atoms with E-state index in [0.717, 1.165) is 5.69 Å². The molecule has 0 aliphatic carbocycles. The predicted molar refractivity (Wildman–Crippen MR) is 56.3 cm³/mol. The van der Waals surface area contributed by atoms with Crippen molar-refractivity contribution < 1.29 is 9.53 Å². The van der Waals surface area contributed by atoms with Crippen LogP contribution in [-0.2, 0) is 4.74 Å². The Balaban J connectivity index is 2.50. The van der Waals surface area contributed by atoms with Crippen LogP contribution in [0.2, 0.25) is 0 Å². The predicted octanol–water partition coefficient (Wildman–Crippen LogP) is 3.03. The SMILES string of the molecule is CC(C)(C)OC(=O)Nc1ccccc1. The molecule has 0 radical (unpaired) electrons. The molecule has 0 aliphatic heterocycles. The number of amides is 1. The number of anilines is 1. The van der Waals surface area contributed by atoms with Gasteiger partial charge in [-0.2, -0.15) is 0 Å². The lowest BCUT2D eigenvalue weighted by atomic mass is 10.2. The van der Waals surface area contributed by atoms with Crippen molar-refractivity contribution in [2.75, 3.05) is 5.32 Å². The van der Waals surface area contributed by atoms with Crippen molar-refractivity contribution in [3.8, 4) is 0 Å². The molecule has 14 heavy (non-hydrogen) atoms. The van der Waals surface area contributed by atoms with Crippen LogP contribution in [0.15, 0.2) is 30.3 Å². The largest absolute Gasteiger partial charge is 0.444 e. The highest BCUT2D eigenvalue weighted by atomic mass is 16.6. The summed E-state index contributed by atoms with van der Waals surface area (Å²) >= 11 is 0. The van der Waals surface area contributed by atoms with Crippen molar-refractivity contribution in [2.24, 2.45) is 0 Å². The van der Waals surface area contributed by atoms with Crippen molar-refractivity contribution >= 4 is 11.8 Å². The zero-order valence-electron chi connectivity index (χ0n) is 8.70. The van der Waals surface area contributed by atoms with Gasteiger partial charge in [0.1, 0.15) is 5.60 Å². The second-order valence-electron chi connectivity index (χ2n) is 3.99. The van der Waals surface area contributed by atoms with E-state index in [-0.39, 0.29) is 0 Å². The van der Waals surface area contributed by atoms with Crippen LogP contribution in [0.25, 0.3) is 0 Å². The molecule has 0 heterocycles. The molecule has 0 saturated heterocycles. The number of nitrogens with one attached hydrogen (secondary N) is 1. The Morgan fingerprint density at radius 2 is 1.79 bits per heavy atom. The van der Waals surface area contributed by atoms with Gasteiger partial charge in [-0.15, -0.1) is 0 Å². The summed E-state index contributed by atoms with van der Waals surface area (Å²) in [7, 11) is 0. The molecule has 1 amide bonds. The second kappa shape index (κ2) is 4.13. The monoisotopic (exact) mass is 193 g/mol. The van der Waals surface area contributed by atoms with E-state index in [0.29, 0.717) is 0 Å². The molecule has 3 heteroatoms. The minimum Gasteiger partial charge on any atom is -0.444 e. The number of hydrogen-bond acceptors (Lipinski definition) is 2. The molecule has 0 aromatic heterocycles. The van der Waals surface area contributed by atoms with Crippen LogP contribution >= 0.6 is 0 Å². The molecule has 3 nitrogen and oxygen atoms in total. The molecule has 0 bridgehead atoms. The van der Waals surface area contributed by atoms with Crippen LogP contribution < -0.4 is 5.32 Å². The highest BCUT2D eigenvalue weighted by Crippen LogP contribution is 2.10. The Bertz CT molecular complexity index is 301. The first-order chi connectivity index (χ1) is 6.47. The topological polar surface area (TPSA) is 38.3 Å². The third-order valence-corrected chi connectivity index (χ3v) is 1.42. The Morgan fingerprint density at radius 1 is 1.21 bits per heavy atom. The minimum absolute atomic E-state index is 0.427. The van der Waals surface area contributed by atoms with E-state index in [9.17, 15) is 4.79 Å². The van der Waals surface area contributed by atoms with Crippen molar-refractivity contribution in [3.63, 3.8) is 0 Å². The lowest BCUT2D eigenvalue weighted by molar-refractivity contribution is 0.0636. The molecule has 1 aromatic carbocycles. The number of hydrogen-bond donors (Lipinski definition) is 1. The first-order valence-corrected chi connectivity index (χ1v) is 4.52. The summed E-state index contributed by atoms with van der Waals surface area (Å²) in [5.74, 6) is 0. The fourth-order valence-corrected chi connectivity index (χ4v) is 0.943. The van der Waals surface area contributed by atoms with Gasteiger partial charge in [-0.05, 0) is 32.9 Å². The quantitative estimate of drug-likeness (QED) is 0.744. The summed E-state index contributed by atoms with van der Waals surface area (Å²) in [6.45, 7) is 5.49. The van der Waals surface area contributed by atoms with Gasteiger partial charge in [0.15, 0.2) is 0 Å². The second-order valence-corrected chi connectivity index (χ2v) is 3.99. The molecular formula is C11H15NO2. The maximum atomic E-state index is 11.3.